The van der Waals surface area contributed by atoms with Crippen molar-refractivity contribution in [3.8, 4) is 5.75 Å². The molecule has 3 atom stereocenters. The number of ether oxygens (including phenoxy) is 1. The molecule has 1 aromatic carbocycles. The number of rotatable bonds is 1. The van der Waals surface area contributed by atoms with Crippen LogP contribution in [0.25, 0.3) is 0 Å². The molecule has 0 radical (unpaired) electrons. The molecular weight excluding hydrogens is 529 g/mol. The van der Waals surface area contributed by atoms with E-state index in [-0.39, 0.29) is 42.2 Å². The number of allylic oxidation sites excluding steroid dienone is 1. The highest BCUT2D eigenvalue weighted by Crippen LogP contribution is 2.42. The number of carbonyl (C=O) groups is 2. The van der Waals surface area contributed by atoms with Crippen LogP contribution in [-0.2, 0) is 26.2 Å². The molecule has 210 valence electrons. The molecule has 5 rings (SSSR count). The lowest BCUT2D eigenvalue weighted by Crippen LogP contribution is -2.62. The summed E-state index contributed by atoms with van der Waals surface area (Å²) in [5, 5.41) is 16.9. The van der Waals surface area contributed by atoms with Gasteiger partial charge in [0.2, 0.25) is 10.0 Å². The minimum absolute atomic E-state index is 0.00959. The van der Waals surface area contributed by atoms with E-state index in [9.17, 15) is 27.5 Å². The largest absolute Gasteiger partial charge is 0.509 e. The lowest BCUT2D eigenvalue weighted by atomic mass is 9.95. The van der Waals surface area contributed by atoms with Gasteiger partial charge in [0.25, 0.3) is 11.8 Å². The Morgan fingerprint density at radius 1 is 1.23 bits per heavy atom. The van der Waals surface area contributed by atoms with Crippen LogP contribution in [0.4, 0.5) is 4.39 Å². The summed E-state index contributed by atoms with van der Waals surface area (Å²) in [6.45, 7) is 4.42. The summed E-state index contributed by atoms with van der Waals surface area (Å²) in [5.74, 6) is -3.10. The van der Waals surface area contributed by atoms with Gasteiger partial charge in [0.05, 0.1) is 12.3 Å². The van der Waals surface area contributed by atoms with E-state index in [0.29, 0.717) is 31.5 Å². The van der Waals surface area contributed by atoms with Gasteiger partial charge in [-0.1, -0.05) is 18.2 Å². The van der Waals surface area contributed by atoms with Gasteiger partial charge in [-0.25, -0.2) is 17.8 Å². The van der Waals surface area contributed by atoms with Crippen LogP contribution in [0.2, 0.25) is 0 Å². The lowest BCUT2D eigenvalue weighted by molar-refractivity contribution is -0.139. The number of sulfonamides is 1. The molecular formula is C26H32FN5O6S. The fourth-order valence-electron chi connectivity index (χ4n) is 5.58. The fourth-order valence-corrected chi connectivity index (χ4v) is 6.81. The second-order valence-electron chi connectivity index (χ2n) is 10.1. The van der Waals surface area contributed by atoms with Gasteiger partial charge in [-0.05, 0) is 32.8 Å². The zero-order chi connectivity index (χ0) is 28.1. The summed E-state index contributed by atoms with van der Waals surface area (Å²) < 4.78 is 47.7. The summed E-state index contributed by atoms with van der Waals surface area (Å²) in [4.78, 5) is 30.4. The number of hydrazone groups is 1. The maximum atomic E-state index is 14.1. The second-order valence-corrected chi connectivity index (χ2v) is 12.2. The first kappa shape index (κ1) is 27.0. The molecule has 11 nitrogen and oxygen atoms in total. The van der Waals surface area contributed by atoms with E-state index >= 15 is 0 Å². The molecule has 4 heterocycles. The molecule has 39 heavy (non-hydrogen) atoms. The van der Waals surface area contributed by atoms with E-state index < -0.39 is 45.4 Å². The topological polar surface area (TPSA) is 123 Å². The van der Waals surface area contributed by atoms with Gasteiger partial charge in [0.15, 0.2) is 5.84 Å². The predicted octanol–water partition coefficient (Wildman–Crippen LogP) is 1.79. The van der Waals surface area contributed by atoms with Crippen LogP contribution in [0.3, 0.4) is 0 Å². The van der Waals surface area contributed by atoms with Crippen molar-refractivity contribution >= 4 is 27.7 Å². The third-order valence-electron chi connectivity index (χ3n) is 7.61. The average molecular weight is 562 g/mol. The number of aliphatic hydroxyl groups excluding tert-OH is 1. The maximum absolute atomic E-state index is 14.1. The van der Waals surface area contributed by atoms with Crippen molar-refractivity contribution in [3.05, 3.63) is 53.2 Å². The van der Waals surface area contributed by atoms with E-state index in [1.165, 1.54) is 25.2 Å². The molecule has 4 aliphatic heterocycles. The number of nitrogens with zero attached hydrogens (tertiary/aromatic N) is 5. The number of piperazine rings is 1. The molecule has 1 fully saturated rings. The molecule has 2 amide bonds. The van der Waals surface area contributed by atoms with Crippen LogP contribution >= 0.6 is 0 Å². The van der Waals surface area contributed by atoms with Crippen LogP contribution in [-0.4, -0.2) is 94.9 Å². The third kappa shape index (κ3) is 4.62. The number of carbonyl (C=O) groups excluding carboxylic acids is 2. The minimum atomic E-state index is -3.87. The number of amides is 2. The Kier molecular flexibility index (Phi) is 7.04. The number of hydrogen-bond acceptors (Lipinski definition) is 8. The van der Waals surface area contributed by atoms with Gasteiger partial charge in [-0.3, -0.25) is 13.9 Å². The van der Waals surface area contributed by atoms with Crippen LogP contribution in [0.5, 0.6) is 5.75 Å². The summed E-state index contributed by atoms with van der Waals surface area (Å²) in [6, 6.07) is 2.63. The molecule has 1 saturated heterocycles. The predicted molar refractivity (Wildman–Crippen MR) is 140 cm³/mol. The van der Waals surface area contributed by atoms with Crippen LogP contribution in [0, 0.1) is 11.7 Å². The van der Waals surface area contributed by atoms with E-state index in [4.69, 9.17) is 4.74 Å². The number of likely N-dealkylation sites (N-methyl/N-ethyl adjacent to an activating group) is 2. The molecule has 1 aromatic rings. The molecule has 0 saturated carbocycles. The number of amidine groups is 1. The zero-order valence-corrected chi connectivity index (χ0v) is 22.9. The van der Waals surface area contributed by atoms with Crippen LogP contribution in [0.1, 0.15) is 32.3 Å². The monoisotopic (exact) mass is 561 g/mol. The van der Waals surface area contributed by atoms with E-state index in [0.717, 1.165) is 9.31 Å². The van der Waals surface area contributed by atoms with Gasteiger partial charge in [0, 0.05) is 37.8 Å². The number of aliphatic hydroxyl groups is 1. The molecule has 2 bridgehead atoms. The smallest absolute Gasteiger partial charge is 0.273 e. The van der Waals surface area contributed by atoms with Gasteiger partial charge < -0.3 is 19.6 Å². The van der Waals surface area contributed by atoms with E-state index in [1.807, 2.05) is 13.8 Å². The second kappa shape index (κ2) is 10.2. The van der Waals surface area contributed by atoms with Crippen molar-refractivity contribution in [1.82, 2.24) is 19.1 Å². The summed E-state index contributed by atoms with van der Waals surface area (Å²) >= 11 is 0. The Hall–Kier alpha value is -3.61. The molecule has 0 aliphatic carbocycles. The standard InChI is InChI=1S/C26H32FN5O6S/c1-4-30-14-16(2)32-21-20(23(33)22(32)26(30)35)25(34)31-15-17-9-10-18(27)13-19(17)38-11-7-5-6-8-12-39(36,37)29(3)24(21)28-31/h5,7,9-10,13,16,20-21,33H,4,6,8,11-12,14-15H2,1-3H3/b7-5-/t16-,20?,21?/m0/s1. The van der Waals surface area contributed by atoms with E-state index in [2.05, 4.69) is 5.10 Å². The highest BCUT2D eigenvalue weighted by molar-refractivity contribution is 7.89. The first-order valence-electron chi connectivity index (χ1n) is 13.0. The molecule has 1 N–H and O–H groups in total. The van der Waals surface area contributed by atoms with Gasteiger partial charge in [0.1, 0.15) is 41.6 Å². The number of fused-ring (bicyclic) bond motifs is 6. The van der Waals surface area contributed by atoms with Crippen molar-refractivity contribution in [1.29, 1.82) is 0 Å². The third-order valence-corrected chi connectivity index (χ3v) is 9.44. The molecule has 2 unspecified atom stereocenters. The van der Waals surface area contributed by atoms with Crippen LogP contribution in [0.15, 0.2) is 46.9 Å². The Balaban J connectivity index is 1.65. The molecule has 0 aromatic heterocycles. The number of hydrogen-bond donors (Lipinski definition) is 1. The summed E-state index contributed by atoms with van der Waals surface area (Å²) in [7, 11) is -2.49. The first-order chi connectivity index (χ1) is 18.5. The Morgan fingerprint density at radius 2 is 2.00 bits per heavy atom. The summed E-state index contributed by atoms with van der Waals surface area (Å²) in [5.41, 5.74) is 0.439. The minimum Gasteiger partial charge on any atom is -0.509 e. The van der Waals surface area contributed by atoms with Crippen molar-refractivity contribution in [2.24, 2.45) is 11.0 Å². The lowest BCUT2D eigenvalue weighted by Gasteiger charge is -2.45. The zero-order valence-electron chi connectivity index (χ0n) is 22.1. The van der Waals surface area contributed by atoms with Gasteiger partial charge >= 0.3 is 0 Å². The molecule has 4 aliphatic rings. The van der Waals surface area contributed by atoms with E-state index in [1.54, 1.807) is 22.0 Å². The Bertz CT molecular complexity index is 1390. The van der Waals surface area contributed by atoms with Crippen molar-refractivity contribution in [3.63, 3.8) is 0 Å². The first-order valence-corrected chi connectivity index (χ1v) is 14.6. The Morgan fingerprint density at radius 3 is 2.74 bits per heavy atom. The quantitative estimate of drug-likeness (QED) is 0.519. The summed E-state index contributed by atoms with van der Waals surface area (Å²) in [6.07, 6.45) is 4.35. The van der Waals surface area contributed by atoms with Gasteiger partial charge in [-0.15, -0.1) is 0 Å². The van der Waals surface area contributed by atoms with Crippen molar-refractivity contribution in [2.45, 2.75) is 45.3 Å². The van der Waals surface area contributed by atoms with Crippen LogP contribution < -0.4 is 4.74 Å². The normalized spacial score (nSPS) is 28.1. The fraction of sp³-hybridized carbons (Fsp3) is 0.500. The highest BCUT2D eigenvalue weighted by atomic mass is 32.2. The van der Waals surface area contributed by atoms with Crippen molar-refractivity contribution < 1.29 is 32.2 Å². The number of halogens is 1. The average Bonchev–Trinajstić information content (AvgIpc) is 3.21. The molecule has 13 heteroatoms. The SMILES string of the molecule is CCN1C[C@H](C)N2C(=C(O)C3C(=O)N4Cc5ccc(F)cc5OC/C=C\CCCS(=O)(=O)N(C)C(=N4)C32)C1=O. The highest BCUT2D eigenvalue weighted by Gasteiger charge is 2.58. The maximum Gasteiger partial charge on any atom is 0.273 e. The van der Waals surface area contributed by atoms with Crippen molar-refractivity contribution in [2.75, 3.05) is 32.5 Å². The number of benzene rings is 1. The molecule has 0 spiro atoms. The van der Waals surface area contributed by atoms with Gasteiger partial charge in [-0.2, -0.15) is 5.10 Å². The Labute approximate surface area is 226 Å².